The van der Waals surface area contributed by atoms with Crippen molar-refractivity contribution in [3.8, 4) is 0 Å². The van der Waals surface area contributed by atoms with Crippen LogP contribution in [0.2, 0.25) is 5.02 Å². The number of rotatable bonds is 5. The molecule has 0 unspecified atom stereocenters. The largest absolute Gasteiger partial charge is 0.465 e. The van der Waals surface area contributed by atoms with Gasteiger partial charge in [-0.25, -0.2) is 13.6 Å². The maximum atomic E-state index is 13.3. The van der Waals surface area contributed by atoms with Gasteiger partial charge in [0.15, 0.2) is 5.78 Å². The Bertz CT molecular complexity index is 1090. The van der Waals surface area contributed by atoms with Crippen LogP contribution in [0.15, 0.2) is 54.6 Å². The molecule has 0 aliphatic heterocycles. The lowest BCUT2D eigenvalue weighted by molar-refractivity contribution is 0.0600. The monoisotopic (exact) mass is 415 g/mol. The fraction of sp³-hybridized carbons (Fsp3) is 0.0909. The average Bonchev–Trinajstić information content (AvgIpc) is 2.66. The van der Waals surface area contributed by atoms with E-state index < -0.39 is 17.6 Å². The van der Waals surface area contributed by atoms with Crippen molar-refractivity contribution in [2.24, 2.45) is 0 Å². The van der Waals surface area contributed by atoms with E-state index >= 15 is 0 Å². The first kappa shape index (κ1) is 20.5. The van der Waals surface area contributed by atoms with Gasteiger partial charge in [0, 0.05) is 28.6 Å². The van der Waals surface area contributed by atoms with Gasteiger partial charge >= 0.3 is 5.97 Å². The summed E-state index contributed by atoms with van der Waals surface area (Å²) < 4.78 is 31.4. The van der Waals surface area contributed by atoms with Crippen LogP contribution < -0.4 is 5.32 Å². The fourth-order valence-corrected chi connectivity index (χ4v) is 3.09. The first-order valence-electron chi connectivity index (χ1n) is 8.55. The van der Waals surface area contributed by atoms with Crippen LogP contribution in [0.5, 0.6) is 0 Å². The minimum absolute atomic E-state index is 0.153. The molecule has 0 saturated heterocycles. The summed E-state index contributed by atoms with van der Waals surface area (Å²) >= 11 is 6.28. The zero-order chi connectivity index (χ0) is 21.1. The highest BCUT2D eigenvalue weighted by molar-refractivity contribution is 6.35. The van der Waals surface area contributed by atoms with Crippen molar-refractivity contribution < 1.29 is 23.1 Å². The molecule has 0 spiro atoms. The van der Waals surface area contributed by atoms with Crippen LogP contribution in [0.4, 0.5) is 20.2 Å². The highest BCUT2D eigenvalue weighted by atomic mass is 35.5. The summed E-state index contributed by atoms with van der Waals surface area (Å²) in [6, 6.07) is 12.3. The van der Waals surface area contributed by atoms with Gasteiger partial charge in [0.05, 0.1) is 17.7 Å². The van der Waals surface area contributed by atoms with Crippen LogP contribution in [-0.4, -0.2) is 18.9 Å². The quantitative estimate of drug-likeness (QED) is 0.429. The molecule has 7 heteroatoms. The highest BCUT2D eigenvalue weighted by Gasteiger charge is 2.18. The number of methoxy groups -OCH3 is 1. The van der Waals surface area contributed by atoms with E-state index in [4.69, 9.17) is 16.3 Å². The zero-order valence-corrected chi connectivity index (χ0v) is 16.3. The van der Waals surface area contributed by atoms with Crippen molar-refractivity contribution in [1.29, 1.82) is 0 Å². The first-order valence-corrected chi connectivity index (χ1v) is 8.92. The number of esters is 1. The predicted molar refractivity (Wildman–Crippen MR) is 107 cm³/mol. The van der Waals surface area contributed by atoms with Crippen molar-refractivity contribution in [3.63, 3.8) is 0 Å². The molecule has 0 saturated carbocycles. The molecule has 0 radical (unpaired) electrons. The number of ketones is 1. The van der Waals surface area contributed by atoms with E-state index in [9.17, 15) is 18.4 Å². The number of hydrogen-bond donors (Lipinski definition) is 1. The summed E-state index contributed by atoms with van der Waals surface area (Å²) in [5, 5.41) is 2.99. The average molecular weight is 416 g/mol. The molecule has 1 N–H and O–H groups in total. The lowest BCUT2D eigenvalue weighted by Gasteiger charge is -2.11. The molecule has 0 bridgehead atoms. The number of benzene rings is 3. The van der Waals surface area contributed by atoms with Crippen molar-refractivity contribution in [2.75, 3.05) is 12.4 Å². The number of ether oxygens (including phenoxy) is 1. The SMILES string of the molecule is COC(=O)c1ccc(C)c(C(=O)c2ccc(Nc3cc(F)cc(F)c3)cc2Cl)c1. The van der Waals surface area contributed by atoms with E-state index in [-0.39, 0.29) is 27.6 Å². The zero-order valence-electron chi connectivity index (χ0n) is 15.6. The number of nitrogens with one attached hydrogen (secondary N) is 1. The summed E-state index contributed by atoms with van der Waals surface area (Å²) in [6.07, 6.45) is 0. The van der Waals surface area contributed by atoms with E-state index in [1.807, 2.05) is 0 Å². The number of anilines is 2. The molecule has 0 fully saturated rings. The van der Waals surface area contributed by atoms with Crippen LogP contribution in [0, 0.1) is 18.6 Å². The molecular weight excluding hydrogens is 400 g/mol. The van der Waals surface area contributed by atoms with Crippen molar-refractivity contribution >= 4 is 34.7 Å². The second-order valence-electron chi connectivity index (χ2n) is 6.33. The molecule has 3 aromatic carbocycles. The van der Waals surface area contributed by atoms with Crippen molar-refractivity contribution in [1.82, 2.24) is 0 Å². The van der Waals surface area contributed by atoms with Crippen molar-refractivity contribution in [2.45, 2.75) is 6.92 Å². The van der Waals surface area contributed by atoms with E-state index in [1.54, 1.807) is 25.1 Å². The Morgan fingerprint density at radius 2 is 1.59 bits per heavy atom. The van der Waals surface area contributed by atoms with Gasteiger partial charge in [-0.1, -0.05) is 17.7 Å². The Labute approximate surface area is 171 Å². The molecule has 29 heavy (non-hydrogen) atoms. The second kappa shape index (κ2) is 8.41. The van der Waals surface area contributed by atoms with Gasteiger partial charge < -0.3 is 10.1 Å². The lowest BCUT2D eigenvalue weighted by atomic mass is 9.96. The van der Waals surface area contributed by atoms with Gasteiger partial charge in [0.2, 0.25) is 0 Å². The van der Waals surface area contributed by atoms with Crippen LogP contribution in [0.25, 0.3) is 0 Å². The molecule has 0 aliphatic carbocycles. The van der Waals surface area contributed by atoms with Crippen LogP contribution >= 0.6 is 11.6 Å². The van der Waals surface area contributed by atoms with Gasteiger partial charge in [-0.2, -0.15) is 0 Å². The molecule has 0 heterocycles. The van der Waals surface area contributed by atoms with Gasteiger partial charge in [-0.05, 0) is 55.0 Å². The molecule has 148 valence electrons. The molecule has 3 aromatic rings. The Kier molecular flexibility index (Phi) is 5.94. The number of hydrogen-bond acceptors (Lipinski definition) is 4. The van der Waals surface area contributed by atoms with Gasteiger partial charge in [0.1, 0.15) is 11.6 Å². The Morgan fingerprint density at radius 1 is 0.897 bits per heavy atom. The minimum Gasteiger partial charge on any atom is -0.465 e. The van der Waals surface area contributed by atoms with E-state index in [2.05, 4.69) is 5.32 Å². The number of carbonyl (C=O) groups excluding carboxylic acids is 2. The third-order valence-electron chi connectivity index (χ3n) is 4.27. The molecular formula is C22H16ClF2NO3. The molecule has 3 rings (SSSR count). The molecule has 0 aliphatic rings. The van der Waals surface area contributed by atoms with E-state index in [0.717, 1.165) is 18.2 Å². The smallest absolute Gasteiger partial charge is 0.337 e. The fourth-order valence-electron chi connectivity index (χ4n) is 2.83. The first-order chi connectivity index (χ1) is 13.8. The highest BCUT2D eigenvalue weighted by Crippen LogP contribution is 2.27. The summed E-state index contributed by atoms with van der Waals surface area (Å²) in [7, 11) is 1.26. The molecule has 0 aromatic heterocycles. The maximum Gasteiger partial charge on any atom is 0.337 e. The Morgan fingerprint density at radius 3 is 2.21 bits per heavy atom. The third kappa shape index (κ3) is 4.60. The van der Waals surface area contributed by atoms with Gasteiger partial charge in [0.25, 0.3) is 0 Å². The Hall–Kier alpha value is -3.25. The van der Waals surface area contributed by atoms with Crippen LogP contribution in [0.1, 0.15) is 31.8 Å². The number of carbonyl (C=O) groups is 2. The normalized spacial score (nSPS) is 10.5. The van der Waals surface area contributed by atoms with Gasteiger partial charge in [-0.3, -0.25) is 4.79 Å². The van der Waals surface area contributed by atoms with Crippen LogP contribution in [-0.2, 0) is 4.74 Å². The van der Waals surface area contributed by atoms with Crippen molar-refractivity contribution in [3.05, 3.63) is 93.5 Å². The lowest BCUT2D eigenvalue weighted by Crippen LogP contribution is -2.08. The standard InChI is InChI=1S/C22H16ClF2NO3/c1-12-3-4-13(22(28)29-2)7-19(12)21(27)18-6-5-16(11-20(18)23)26-17-9-14(24)8-15(25)10-17/h3-11,26H,1-2H3. The maximum absolute atomic E-state index is 13.3. The molecule has 0 amide bonds. The molecule has 0 atom stereocenters. The summed E-state index contributed by atoms with van der Waals surface area (Å²) in [5.74, 6) is -2.34. The molecule has 4 nitrogen and oxygen atoms in total. The third-order valence-corrected chi connectivity index (χ3v) is 4.58. The number of aryl methyl sites for hydroxylation is 1. The summed E-state index contributed by atoms with van der Waals surface area (Å²) in [4.78, 5) is 24.7. The second-order valence-corrected chi connectivity index (χ2v) is 6.74. The van der Waals surface area contributed by atoms with E-state index in [0.29, 0.717) is 16.8 Å². The topological polar surface area (TPSA) is 55.4 Å². The Balaban J connectivity index is 1.90. The van der Waals surface area contributed by atoms with Crippen LogP contribution in [0.3, 0.4) is 0 Å². The number of halogens is 3. The minimum atomic E-state index is -0.716. The predicted octanol–water partition coefficient (Wildman–Crippen LogP) is 5.69. The van der Waals surface area contributed by atoms with Gasteiger partial charge in [-0.15, -0.1) is 0 Å². The van der Waals surface area contributed by atoms with E-state index in [1.165, 1.54) is 25.3 Å². The summed E-state index contributed by atoms with van der Waals surface area (Å²) in [5.41, 5.74) is 2.14. The summed E-state index contributed by atoms with van der Waals surface area (Å²) in [6.45, 7) is 1.75.